The summed E-state index contributed by atoms with van der Waals surface area (Å²) in [6, 6.07) is 9.79. The van der Waals surface area contributed by atoms with Gasteiger partial charge in [0.2, 0.25) is 0 Å². The number of β-amino-alcohol motifs (C(OH)–C–C–N with tert-alkyl or cyclic N) is 1. The van der Waals surface area contributed by atoms with E-state index in [2.05, 4.69) is 15.3 Å². The molecule has 2 rings (SSSR count). The predicted octanol–water partition coefficient (Wildman–Crippen LogP) is 1.76. The fourth-order valence-electron chi connectivity index (χ4n) is 2.01. The average Bonchev–Trinajstić information content (AvgIpc) is 2.33. The van der Waals surface area contributed by atoms with E-state index >= 15 is 0 Å². The molecule has 3 atom stereocenters. The van der Waals surface area contributed by atoms with Crippen LogP contribution in [0.15, 0.2) is 35.4 Å². The third-order valence-electron chi connectivity index (χ3n) is 2.90. The second kappa shape index (κ2) is 4.99. The molecule has 2 N–H and O–H groups in total. The topological polar surface area (TPSA) is 81.0 Å². The third kappa shape index (κ3) is 2.33. The van der Waals surface area contributed by atoms with Crippen LogP contribution in [-0.4, -0.2) is 23.8 Å². The number of azide groups is 1. The van der Waals surface area contributed by atoms with Crippen molar-refractivity contribution >= 4 is 0 Å². The Morgan fingerprint density at radius 1 is 1.38 bits per heavy atom. The van der Waals surface area contributed by atoms with Crippen molar-refractivity contribution in [2.75, 3.05) is 6.54 Å². The van der Waals surface area contributed by atoms with Gasteiger partial charge in [0.25, 0.3) is 0 Å². The van der Waals surface area contributed by atoms with E-state index in [0.29, 0.717) is 13.0 Å². The molecule has 1 aliphatic heterocycles. The van der Waals surface area contributed by atoms with E-state index in [-0.39, 0.29) is 12.1 Å². The lowest BCUT2D eigenvalue weighted by Gasteiger charge is -2.32. The number of hydrogen-bond acceptors (Lipinski definition) is 3. The highest BCUT2D eigenvalue weighted by Gasteiger charge is 2.28. The normalized spacial score (nSPS) is 29.4. The SMILES string of the molecule is [N-]=[N+]=N[C@H]1C[C@H](c2ccccc2)NC[C@@H]1O. The van der Waals surface area contributed by atoms with Crippen LogP contribution in [0.2, 0.25) is 0 Å². The van der Waals surface area contributed by atoms with Crippen molar-refractivity contribution in [1.29, 1.82) is 0 Å². The van der Waals surface area contributed by atoms with Crippen LogP contribution < -0.4 is 5.32 Å². The van der Waals surface area contributed by atoms with Crippen LogP contribution in [0, 0.1) is 0 Å². The van der Waals surface area contributed by atoms with E-state index in [1.54, 1.807) is 0 Å². The molecule has 1 aromatic carbocycles. The lowest BCUT2D eigenvalue weighted by Crippen LogP contribution is -2.44. The molecule has 1 heterocycles. The Balaban J connectivity index is 2.11. The van der Waals surface area contributed by atoms with Gasteiger partial charge in [-0.15, -0.1) is 0 Å². The largest absolute Gasteiger partial charge is 0.391 e. The van der Waals surface area contributed by atoms with Crippen molar-refractivity contribution in [2.24, 2.45) is 5.11 Å². The first-order chi connectivity index (χ1) is 7.81. The van der Waals surface area contributed by atoms with E-state index in [0.717, 1.165) is 5.56 Å². The molecule has 1 aliphatic rings. The Morgan fingerprint density at radius 3 is 2.81 bits per heavy atom. The van der Waals surface area contributed by atoms with Crippen LogP contribution in [0.25, 0.3) is 10.4 Å². The van der Waals surface area contributed by atoms with Gasteiger partial charge in [-0.3, -0.25) is 0 Å². The number of aliphatic hydroxyl groups excluding tert-OH is 1. The van der Waals surface area contributed by atoms with Gasteiger partial charge in [0, 0.05) is 17.5 Å². The molecule has 0 radical (unpaired) electrons. The maximum Gasteiger partial charge on any atom is 0.0750 e. The van der Waals surface area contributed by atoms with Gasteiger partial charge in [0.1, 0.15) is 0 Å². The van der Waals surface area contributed by atoms with Gasteiger partial charge in [-0.2, -0.15) is 0 Å². The van der Waals surface area contributed by atoms with Gasteiger partial charge >= 0.3 is 0 Å². The summed E-state index contributed by atoms with van der Waals surface area (Å²) < 4.78 is 0. The first-order valence-electron chi connectivity index (χ1n) is 5.32. The minimum absolute atomic E-state index is 0.153. The number of benzene rings is 1. The zero-order valence-electron chi connectivity index (χ0n) is 8.82. The molecular formula is C11H14N4O. The van der Waals surface area contributed by atoms with Gasteiger partial charge in [-0.25, -0.2) is 0 Å². The maximum atomic E-state index is 9.64. The monoisotopic (exact) mass is 218 g/mol. The summed E-state index contributed by atoms with van der Waals surface area (Å²) in [5.74, 6) is 0. The molecule has 0 saturated carbocycles. The first-order valence-corrected chi connectivity index (χ1v) is 5.32. The molecule has 0 bridgehead atoms. The molecule has 1 fully saturated rings. The summed E-state index contributed by atoms with van der Waals surface area (Å²) in [6.07, 6.45) is 0.0470. The summed E-state index contributed by atoms with van der Waals surface area (Å²) in [4.78, 5) is 2.78. The Labute approximate surface area is 93.7 Å². The van der Waals surface area contributed by atoms with Crippen molar-refractivity contribution in [3.05, 3.63) is 46.3 Å². The Hall–Kier alpha value is -1.55. The molecule has 1 aromatic rings. The Morgan fingerprint density at radius 2 is 2.12 bits per heavy atom. The van der Waals surface area contributed by atoms with Gasteiger partial charge in [0.05, 0.1) is 12.1 Å². The van der Waals surface area contributed by atoms with Crippen molar-refractivity contribution in [3.8, 4) is 0 Å². The van der Waals surface area contributed by atoms with Gasteiger partial charge in [-0.05, 0) is 17.5 Å². The fourth-order valence-corrected chi connectivity index (χ4v) is 2.01. The van der Waals surface area contributed by atoms with Crippen LogP contribution >= 0.6 is 0 Å². The first kappa shape index (κ1) is 11.0. The van der Waals surface area contributed by atoms with E-state index in [4.69, 9.17) is 5.53 Å². The second-order valence-corrected chi connectivity index (χ2v) is 3.95. The van der Waals surface area contributed by atoms with E-state index < -0.39 is 6.10 Å². The second-order valence-electron chi connectivity index (χ2n) is 3.95. The zero-order chi connectivity index (χ0) is 11.4. The zero-order valence-corrected chi connectivity index (χ0v) is 8.82. The van der Waals surface area contributed by atoms with Crippen molar-refractivity contribution < 1.29 is 5.11 Å². The number of nitrogens with one attached hydrogen (secondary N) is 1. The molecule has 5 nitrogen and oxygen atoms in total. The highest BCUT2D eigenvalue weighted by molar-refractivity contribution is 5.20. The van der Waals surface area contributed by atoms with E-state index in [9.17, 15) is 5.11 Å². The highest BCUT2D eigenvalue weighted by atomic mass is 16.3. The van der Waals surface area contributed by atoms with Crippen LogP contribution in [0.3, 0.4) is 0 Å². The molecule has 0 spiro atoms. The quantitative estimate of drug-likeness (QED) is 0.450. The number of hydrogen-bond donors (Lipinski definition) is 2. The Bertz CT molecular complexity index is 388. The summed E-state index contributed by atoms with van der Waals surface area (Å²) in [5, 5.41) is 16.5. The van der Waals surface area contributed by atoms with Crippen LogP contribution in [-0.2, 0) is 0 Å². The third-order valence-corrected chi connectivity index (χ3v) is 2.90. The molecule has 5 heteroatoms. The smallest absolute Gasteiger partial charge is 0.0750 e. The van der Waals surface area contributed by atoms with Gasteiger partial charge in [0.15, 0.2) is 0 Å². The molecule has 0 amide bonds. The van der Waals surface area contributed by atoms with Crippen molar-refractivity contribution in [2.45, 2.75) is 24.6 Å². The summed E-state index contributed by atoms with van der Waals surface area (Å²) in [5.41, 5.74) is 9.58. The van der Waals surface area contributed by atoms with Crippen molar-refractivity contribution in [3.63, 3.8) is 0 Å². The highest BCUT2D eigenvalue weighted by Crippen LogP contribution is 2.25. The van der Waals surface area contributed by atoms with Crippen LogP contribution in [0.1, 0.15) is 18.0 Å². The minimum atomic E-state index is -0.587. The number of piperidine rings is 1. The number of rotatable bonds is 2. The molecule has 0 aromatic heterocycles. The molecular weight excluding hydrogens is 204 g/mol. The molecule has 84 valence electrons. The predicted molar refractivity (Wildman–Crippen MR) is 60.7 cm³/mol. The lowest BCUT2D eigenvalue weighted by atomic mass is 9.93. The van der Waals surface area contributed by atoms with E-state index in [1.165, 1.54) is 0 Å². The fraction of sp³-hybridized carbons (Fsp3) is 0.455. The average molecular weight is 218 g/mol. The summed E-state index contributed by atoms with van der Waals surface area (Å²) in [7, 11) is 0. The molecule has 0 unspecified atom stereocenters. The molecule has 0 aliphatic carbocycles. The summed E-state index contributed by atoms with van der Waals surface area (Å²) in [6.45, 7) is 0.462. The Kier molecular flexibility index (Phi) is 3.41. The molecule has 1 saturated heterocycles. The number of nitrogens with zero attached hydrogens (tertiary/aromatic N) is 3. The van der Waals surface area contributed by atoms with Gasteiger partial charge in [-0.1, -0.05) is 35.4 Å². The van der Waals surface area contributed by atoms with Crippen molar-refractivity contribution in [1.82, 2.24) is 5.32 Å². The van der Waals surface area contributed by atoms with Gasteiger partial charge < -0.3 is 10.4 Å². The number of aliphatic hydroxyl groups is 1. The minimum Gasteiger partial charge on any atom is -0.391 e. The van der Waals surface area contributed by atoms with Crippen LogP contribution in [0.4, 0.5) is 0 Å². The maximum absolute atomic E-state index is 9.64. The lowest BCUT2D eigenvalue weighted by molar-refractivity contribution is 0.104. The van der Waals surface area contributed by atoms with Crippen LogP contribution in [0.5, 0.6) is 0 Å². The summed E-state index contributed by atoms with van der Waals surface area (Å²) >= 11 is 0. The molecule has 16 heavy (non-hydrogen) atoms. The van der Waals surface area contributed by atoms with E-state index in [1.807, 2.05) is 30.3 Å². The standard InChI is InChI=1S/C11H14N4O/c12-15-14-10-6-9(13-7-11(10)16)8-4-2-1-3-5-8/h1-5,9-11,13,16H,6-7H2/t9-,10+,11+/m1/s1.